The second-order valence-corrected chi connectivity index (χ2v) is 8.36. The van der Waals surface area contributed by atoms with Gasteiger partial charge in [-0.1, -0.05) is 11.6 Å². The number of benzene rings is 2. The van der Waals surface area contributed by atoms with Crippen LogP contribution in [0, 0.1) is 11.6 Å². The van der Waals surface area contributed by atoms with Gasteiger partial charge in [-0.2, -0.15) is 25.9 Å². The molecule has 0 spiro atoms. The molecule has 0 saturated carbocycles. The topological polar surface area (TPSA) is 75.7 Å². The summed E-state index contributed by atoms with van der Waals surface area (Å²) in [6.07, 6.45) is -4.74. The van der Waals surface area contributed by atoms with Crippen molar-refractivity contribution in [3.63, 3.8) is 0 Å². The summed E-state index contributed by atoms with van der Waals surface area (Å²) in [6, 6.07) is 3.68. The number of nitrogens with zero attached hydrogens (tertiary/aromatic N) is 1. The lowest BCUT2D eigenvalue weighted by atomic mass is 10.1. The highest BCUT2D eigenvalue weighted by Gasteiger charge is 2.33. The lowest BCUT2D eigenvalue weighted by molar-refractivity contribution is -0.137. The van der Waals surface area contributed by atoms with E-state index >= 15 is 0 Å². The maximum Gasteiger partial charge on any atom is 0.417 e. The first kappa shape index (κ1) is 23.8. The van der Waals surface area contributed by atoms with Crippen LogP contribution in [0.1, 0.15) is 21.5 Å². The molecule has 1 N–H and O–H groups in total. The van der Waals surface area contributed by atoms with E-state index in [9.17, 15) is 35.2 Å². The van der Waals surface area contributed by atoms with Crippen molar-refractivity contribution < 1.29 is 39.9 Å². The minimum atomic E-state index is -4.74. The summed E-state index contributed by atoms with van der Waals surface area (Å²) in [7, 11) is -2.00. The predicted octanol–water partition coefficient (Wildman–Crippen LogP) is 3.75. The van der Waals surface area contributed by atoms with Gasteiger partial charge in [0.25, 0.3) is 5.91 Å². The Morgan fingerprint density at radius 2 is 1.77 bits per heavy atom. The van der Waals surface area contributed by atoms with E-state index in [-0.39, 0.29) is 5.75 Å². The van der Waals surface area contributed by atoms with E-state index in [2.05, 4.69) is 0 Å². The Bertz CT molecular complexity index is 1070. The quantitative estimate of drug-likeness (QED) is 0.650. The van der Waals surface area contributed by atoms with Gasteiger partial charge in [0.15, 0.2) is 0 Å². The van der Waals surface area contributed by atoms with Gasteiger partial charge < -0.3 is 4.74 Å². The molecule has 13 heteroatoms. The summed E-state index contributed by atoms with van der Waals surface area (Å²) >= 11 is 5.49. The van der Waals surface area contributed by atoms with Gasteiger partial charge >= 0.3 is 16.4 Å². The number of hydrogen-bond donors (Lipinski definition) is 1. The van der Waals surface area contributed by atoms with Crippen molar-refractivity contribution >= 4 is 27.7 Å². The van der Waals surface area contributed by atoms with Gasteiger partial charge in [0, 0.05) is 19.7 Å². The number of halogens is 6. The van der Waals surface area contributed by atoms with Crippen LogP contribution in [0.15, 0.2) is 30.3 Å². The normalized spacial score (nSPS) is 12.2. The maximum absolute atomic E-state index is 14.2. The zero-order chi connectivity index (χ0) is 22.9. The molecule has 0 fully saturated rings. The molecule has 164 valence electrons. The largest absolute Gasteiger partial charge is 0.489 e. The molecular weight excluding hydrogens is 459 g/mol. The molecule has 2 aromatic carbocycles. The molecule has 0 unspecified atom stereocenters. The molecule has 0 bridgehead atoms. The molecule has 0 radical (unpaired) electrons. The zero-order valence-corrected chi connectivity index (χ0v) is 16.9. The van der Waals surface area contributed by atoms with Crippen molar-refractivity contribution in [2.24, 2.45) is 0 Å². The number of amides is 1. The third-order valence-electron chi connectivity index (χ3n) is 3.72. The zero-order valence-electron chi connectivity index (χ0n) is 15.4. The molecule has 6 nitrogen and oxygen atoms in total. The van der Waals surface area contributed by atoms with E-state index < -0.39 is 62.2 Å². The Balaban J connectivity index is 2.22. The van der Waals surface area contributed by atoms with E-state index in [1.807, 2.05) is 0 Å². The van der Waals surface area contributed by atoms with Crippen molar-refractivity contribution in [3.8, 4) is 5.75 Å². The summed E-state index contributed by atoms with van der Waals surface area (Å²) < 4.78 is 97.5. The average Bonchev–Trinajstić information content (AvgIpc) is 2.61. The second kappa shape index (κ2) is 8.74. The van der Waals surface area contributed by atoms with Crippen LogP contribution in [-0.4, -0.2) is 32.7 Å². The fourth-order valence-electron chi connectivity index (χ4n) is 2.11. The number of nitrogens with one attached hydrogen (secondary N) is 1. The Hall–Kier alpha value is -2.44. The van der Waals surface area contributed by atoms with E-state index in [0.717, 1.165) is 26.2 Å². The first-order chi connectivity index (χ1) is 13.7. The van der Waals surface area contributed by atoms with E-state index in [1.54, 1.807) is 4.72 Å². The van der Waals surface area contributed by atoms with Crippen LogP contribution in [-0.2, 0) is 23.0 Å². The first-order valence-electron chi connectivity index (χ1n) is 7.94. The van der Waals surface area contributed by atoms with Crippen LogP contribution in [0.25, 0.3) is 0 Å². The van der Waals surface area contributed by atoms with Gasteiger partial charge in [-0.05, 0) is 30.3 Å². The van der Waals surface area contributed by atoms with Gasteiger partial charge in [-0.3, -0.25) is 4.79 Å². The fourth-order valence-corrected chi connectivity index (χ4v) is 2.86. The molecule has 0 aliphatic heterocycles. The standard InChI is InChI=1S/C17H14ClF5N2O4S/c1-25(2)30(27,28)24-16(26)11-7-14(19)9(5-15(11)20)8-29-10-3-4-13(18)12(6-10)17(21,22)23/h3-7H,8H2,1-2H3,(H,24,26). The number of hydrogen-bond acceptors (Lipinski definition) is 4. The van der Waals surface area contributed by atoms with Crippen molar-refractivity contribution in [1.82, 2.24) is 9.03 Å². The molecule has 0 atom stereocenters. The molecule has 1 amide bonds. The summed E-state index contributed by atoms with van der Waals surface area (Å²) in [5.41, 5.74) is -2.46. The molecule has 2 rings (SSSR count). The highest BCUT2D eigenvalue weighted by atomic mass is 35.5. The smallest absolute Gasteiger partial charge is 0.417 e. The molecule has 0 aliphatic carbocycles. The summed E-state index contributed by atoms with van der Waals surface area (Å²) in [5.74, 6) is -4.09. The van der Waals surface area contributed by atoms with E-state index in [1.165, 1.54) is 0 Å². The Morgan fingerprint density at radius 3 is 2.33 bits per heavy atom. The highest BCUT2D eigenvalue weighted by Crippen LogP contribution is 2.36. The molecule has 0 heterocycles. The first-order valence-corrected chi connectivity index (χ1v) is 9.76. The number of carbonyl (C=O) groups excluding carboxylic acids is 1. The number of ether oxygens (including phenoxy) is 1. The van der Waals surface area contributed by atoms with Gasteiger partial charge in [-0.15, -0.1) is 0 Å². The van der Waals surface area contributed by atoms with Crippen molar-refractivity contribution in [2.45, 2.75) is 12.8 Å². The minimum absolute atomic E-state index is 0.301. The van der Waals surface area contributed by atoms with Gasteiger partial charge in [0.1, 0.15) is 24.0 Å². The van der Waals surface area contributed by atoms with Gasteiger partial charge in [0.2, 0.25) is 0 Å². The molecule has 0 aromatic heterocycles. The van der Waals surface area contributed by atoms with Crippen LogP contribution in [0.2, 0.25) is 5.02 Å². The predicted molar refractivity (Wildman–Crippen MR) is 97.2 cm³/mol. The second-order valence-electron chi connectivity index (χ2n) is 6.07. The number of rotatable bonds is 6. The average molecular weight is 473 g/mol. The monoisotopic (exact) mass is 472 g/mol. The fraction of sp³-hybridized carbons (Fsp3) is 0.235. The Labute approximate surface area is 173 Å². The lowest BCUT2D eigenvalue weighted by Gasteiger charge is -2.14. The molecule has 30 heavy (non-hydrogen) atoms. The van der Waals surface area contributed by atoms with Crippen LogP contribution in [0.4, 0.5) is 22.0 Å². The molecular formula is C17H14ClF5N2O4S. The van der Waals surface area contributed by atoms with Crippen LogP contribution in [0.3, 0.4) is 0 Å². The van der Waals surface area contributed by atoms with Crippen LogP contribution < -0.4 is 9.46 Å². The molecule has 0 aliphatic rings. The maximum atomic E-state index is 14.2. The van der Waals surface area contributed by atoms with Gasteiger partial charge in [-0.25, -0.2) is 13.5 Å². The minimum Gasteiger partial charge on any atom is -0.489 e. The third-order valence-corrected chi connectivity index (χ3v) is 5.46. The van der Waals surface area contributed by atoms with Gasteiger partial charge in [0.05, 0.1) is 16.1 Å². The van der Waals surface area contributed by atoms with Crippen molar-refractivity contribution in [2.75, 3.05) is 14.1 Å². The van der Waals surface area contributed by atoms with Crippen LogP contribution in [0.5, 0.6) is 5.75 Å². The Morgan fingerprint density at radius 1 is 1.13 bits per heavy atom. The van der Waals surface area contributed by atoms with Crippen LogP contribution >= 0.6 is 11.6 Å². The summed E-state index contributed by atoms with van der Waals surface area (Å²) in [6.45, 7) is -0.667. The van der Waals surface area contributed by atoms with Crippen molar-refractivity contribution in [3.05, 3.63) is 63.7 Å². The summed E-state index contributed by atoms with van der Waals surface area (Å²) in [5, 5.41) is -0.560. The third kappa shape index (κ3) is 5.58. The van der Waals surface area contributed by atoms with Crippen molar-refractivity contribution in [1.29, 1.82) is 0 Å². The van der Waals surface area contributed by atoms with E-state index in [4.69, 9.17) is 16.3 Å². The highest BCUT2D eigenvalue weighted by molar-refractivity contribution is 7.87. The Kier molecular flexibility index (Phi) is 6.94. The van der Waals surface area contributed by atoms with E-state index in [0.29, 0.717) is 22.5 Å². The molecule has 0 saturated heterocycles. The number of carbonyl (C=O) groups is 1. The SMILES string of the molecule is CN(C)S(=O)(=O)NC(=O)c1cc(F)c(COc2ccc(Cl)c(C(F)(F)F)c2)cc1F. The molecule has 2 aromatic rings. The number of alkyl halides is 3. The lowest BCUT2D eigenvalue weighted by Crippen LogP contribution is -2.39. The summed E-state index contributed by atoms with van der Waals surface area (Å²) in [4.78, 5) is 11.9.